The Bertz CT molecular complexity index is 154. The second kappa shape index (κ2) is 4.43. The van der Waals surface area contributed by atoms with Crippen LogP contribution in [0.15, 0.2) is 0 Å². The summed E-state index contributed by atoms with van der Waals surface area (Å²) in [6, 6.07) is 0. The van der Waals surface area contributed by atoms with Crippen molar-refractivity contribution in [3.8, 4) is 0 Å². The Labute approximate surface area is 81.5 Å². The Morgan fingerprint density at radius 3 is 2.23 bits per heavy atom. The van der Waals surface area contributed by atoms with Crippen molar-refractivity contribution in [3.05, 3.63) is 0 Å². The molecule has 2 rings (SSSR count). The highest BCUT2D eigenvalue weighted by Gasteiger charge is 2.27. The fraction of sp³-hybridized carbons (Fsp3) is 1.00. The van der Waals surface area contributed by atoms with Gasteiger partial charge in [0.2, 0.25) is 0 Å². The molecule has 2 heteroatoms. The van der Waals surface area contributed by atoms with Gasteiger partial charge in [-0.3, -0.25) is 0 Å². The molecule has 2 N–H and O–H groups in total. The average molecular weight is 182 g/mol. The minimum absolute atomic E-state index is 0.828. The van der Waals surface area contributed by atoms with E-state index in [1.807, 2.05) is 0 Å². The lowest BCUT2D eigenvalue weighted by molar-refractivity contribution is 0.108. The molecule has 13 heavy (non-hydrogen) atoms. The van der Waals surface area contributed by atoms with E-state index in [4.69, 9.17) is 5.73 Å². The second-order valence-electron chi connectivity index (χ2n) is 4.69. The van der Waals surface area contributed by atoms with Crippen molar-refractivity contribution < 1.29 is 0 Å². The van der Waals surface area contributed by atoms with E-state index in [1.54, 1.807) is 0 Å². The Morgan fingerprint density at radius 2 is 1.69 bits per heavy atom. The molecular formula is C11H22N2. The third-order valence-electron chi connectivity index (χ3n) is 3.81. The van der Waals surface area contributed by atoms with Gasteiger partial charge in [-0.2, -0.15) is 0 Å². The molecule has 0 spiro atoms. The van der Waals surface area contributed by atoms with Crippen molar-refractivity contribution in [1.82, 2.24) is 4.90 Å². The second-order valence-corrected chi connectivity index (χ2v) is 4.69. The number of hydrogen-bond acceptors (Lipinski definition) is 2. The third kappa shape index (κ3) is 2.23. The van der Waals surface area contributed by atoms with Crippen molar-refractivity contribution in [3.63, 3.8) is 0 Å². The molecule has 1 heterocycles. The van der Waals surface area contributed by atoms with Gasteiger partial charge in [0.25, 0.3) is 0 Å². The van der Waals surface area contributed by atoms with Crippen LogP contribution >= 0.6 is 0 Å². The summed E-state index contributed by atoms with van der Waals surface area (Å²) in [5.74, 6) is 1.74. The highest BCUT2D eigenvalue weighted by molar-refractivity contribution is 4.81. The quantitative estimate of drug-likeness (QED) is 0.716. The zero-order chi connectivity index (χ0) is 9.10. The van der Waals surface area contributed by atoms with Crippen molar-refractivity contribution in [2.75, 3.05) is 26.2 Å². The zero-order valence-electron chi connectivity index (χ0n) is 8.54. The number of nitrogens with two attached hydrogens (primary N) is 1. The first kappa shape index (κ1) is 9.47. The standard InChI is InChI=1S/C11H22N2/c12-8-10-4-1-2-5-11(10)9-13-6-3-7-13/h10-11H,1-9,12H2. The normalized spacial score (nSPS) is 35.8. The third-order valence-corrected chi connectivity index (χ3v) is 3.81. The van der Waals surface area contributed by atoms with Crippen LogP contribution in [0.25, 0.3) is 0 Å². The Morgan fingerprint density at radius 1 is 1.00 bits per heavy atom. The van der Waals surface area contributed by atoms with Gasteiger partial charge in [0.05, 0.1) is 0 Å². The van der Waals surface area contributed by atoms with E-state index in [0.29, 0.717) is 0 Å². The SMILES string of the molecule is NCC1CCCCC1CN1CCC1. The molecule has 0 aromatic heterocycles. The fourth-order valence-corrected chi connectivity index (χ4v) is 2.73. The maximum atomic E-state index is 5.81. The maximum absolute atomic E-state index is 5.81. The van der Waals surface area contributed by atoms with Gasteiger partial charge in [-0.05, 0) is 50.7 Å². The van der Waals surface area contributed by atoms with E-state index < -0.39 is 0 Å². The summed E-state index contributed by atoms with van der Waals surface area (Å²) in [6.07, 6.45) is 7.08. The first-order valence-corrected chi connectivity index (χ1v) is 5.82. The summed E-state index contributed by atoms with van der Waals surface area (Å²) >= 11 is 0. The van der Waals surface area contributed by atoms with Crippen molar-refractivity contribution in [2.45, 2.75) is 32.1 Å². The van der Waals surface area contributed by atoms with Crippen LogP contribution < -0.4 is 5.73 Å². The van der Waals surface area contributed by atoms with Crippen molar-refractivity contribution in [1.29, 1.82) is 0 Å². The first-order chi connectivity index (χ1) is 6.40. The van der Waals surface area contributed by atoms with Gasteiger partial charge in [0, 0.05) is 6.54 Å². The van der Waals surface area contributed by atoms with E-state index in [-0.39, 0.29) is 0 Å². The summed E-state index contributed by atoms with van der Waals surface area (Å²) in [7, 11) is 0. The molecule has 2 nitrogen and oxygen atoms in total. The monoisotopic (exact) mass is 182 g/mol. The minimum Gasteiger partial charge on any atom is -0.330 e. The van der Waals surface area contributed by atoms with Crippen molar-refractivity contribution in [2.24, 2.45) is 17.6 Å². The van der Waals surface area contributed by atoms with E-state index >= 15 is 0 Å². The van der Waals surface area contributed by atoms with Crippen LogP contribution in [0.1, 0.15) is 32.1 Å². The predicted molar refractivity (Wildman–Crippen MR) is 55.6 cm³/mol. The lowest BCUT2D eigenvalue weighted by atomic mass is 9.78. The van der Waals surface area contributed by atoms with E-state index in [9.17, 15) is 0 Å². The van der Waals surface area contributed by atoms with Gasteiger partial charge in [0.1, 0.15) is 0 Å². The summed E-state index contributed by atoms with van der Waals surface area (Å²) in [4.78, 5) is 2.60. The van der Waals surface area contributed by atoms with Crippen LogP contribution in [0.4, 0.5) is 0 Å². The zero-order valence-corrected chi connectivity index (χ0v) is 8.54. The van der Waals surface area contributed by atoms with Gasteiger partial charge < -0.3 is 10.6 Å². The largest absolute Gasteiger partial charge is 0.330 e. The van der Waals surface area contributed by atoms with Gasteiger partial charge in [-0.25, -0.2) is 0 Å². The van der Waals surface area contributed by atoms with Gasteiger partial charge >= 0.3 is 0 Å². The highest BCUT2D eigenvalue weighted by atomic mass is 15.2. The molecule has 2 atom stereocenters. The molecule has 0 aromatic carbocycles. The number of hydrogen-bond donors (Lipinski definition) is 1. The molecule has 1 saturated carbocycles. The van der Waals surface area contributed by atoms with Gasteiger partial charge in [-0.15, -0.1) is 0 Å². The van der Waals surface area contributed by atoms with Crippen LogP contribution in [-0.4, -0.2) is 31.1 Å². The topological polar surface area (TPSA) is 29.3 Å². The van der Waals surface area contributed by atoms with Crippen LogP contribution in [0.5, 0.6) is 0 Å². The lowest BCUT2D eigenvalue weighted by Crippen LogP contribution is -2.43. The average Bonchev–Trinajstić information content (AvgIpc) is 2.12. The molecule has 1 aliphatic carbocycles. The lowest BCUT2D eigenvalue weighted by Gasteiger charge is -2.38. The summed E-state index contributed by atoms with van der Waals surface area (Å²) in [6.45, 7) is 4.93. The summed E-state index contributed by atoms with van der Waals surface area (Å²) in [5, 5.41) is 0. The smallest absolute Gasteiger partial charge is 0.00128 e. The molecule has 1 saturated heterocycles. The van der Waals surface area contributed by atoms with Crippen LogP contribution in [0.2, 0.25) is 0 Å². The Hall–Kier alpha value is -0.0800. The summed E-state index contributed by atoms with van der Waals surface area (Å²) < 4.78 is 0. The molecular weight excluding hydrogens is 160 g/mol. The van der Waals surface area contributed by atoms with E-state index in [0.717, 1.165) is 18.4 Å². The maximum Gasteiger partial charge on any atom is 0.00128 e. The van der Waals surface area contributed by atoms with E-state index in [2.05, 4.69) is 4.90 Å². The Balaban J connectivity index is 1.79. The molecule has 1 aliphatic heterocycles. The number of nitrogens with zero attached hydrogens (tertiary/aromatic N) is 1. The van der Waals surface area contributed by atoms with Gasteiger partial charge in [-0.1, -0.05) is 12.8 Å². The first-order valence-electron chi connectivity index (χ1n) is 5.82. The van der Waals surface area contributed by atoms with Crippen molar-refractivity contribution >= 4 is 0 Å². The molecule has 2 aliphatic rings. The Kier molecular flexibility index (Phi) is 3.23. The van der Waals surface area contributed by atoms with E-state index in [1.165, 1.54) is 51.7 Å². The molecule has 0 bridgehead atoms. The molecule has 0 amide bonds. The molecule has 0 radical (unpaired) electrons. The van der Waals surface area contributed by atoms with Crippen LogP contribution in [0, 0.1) is 11.8 Å². The molecule has 2 unspecified atom stereocenters. The number of likely N-dealkylation sites (tertiary alicyclic amines) is 1. The summed E-state index contributed by atoms with van der Waals surface area (Å²) in [5.41, 5.74) is 5.81. The fourth-order valence-electron chi connectivity index (χ4n) is 2.73. The minimum atomic E-state index is 0.828. The van der Waals surface area contributed by atoms with Crippen LogP contribution in [-0.2, 0) is 0 Å². The highest BCUT2D eigenvalue weighted by Crippen LogP contribution is 2.30. The molecule has 0 aromatic rings. The molecule has 76 valence electrons. The molecule has 2 fully saturated rings. The van der Waals surface area contributed by atoms with Crippen LogP contribution in [0.3, 0.4) is 0 Å². The number of rotatable bonds is 3. The predicted octanol–water partition coefficient (Wildman–Crippen LogP) is 1.46. The van der Waals surface area contributed by atoms with Gasteiger partial charge in [0.15, 0.2) is 0 Å².